The van der Waals surface area contributed by atoms with Crippen molar-refractivity contribution in [2.75, 3.05) is 18.5 Å². The van der Waals surface area contributed by atoms with Gasteiger partial charge in [0.05, 0.1) is 13.2 Å². The normalized spacial score (nSPS) is 10.5. The first-order valence-electron chi connectivity index (χ1n) is 10.00. The summed E-state index contributed by atoms with van der Waals surface area (Å²) in [6.07, 6.45) is 7.36. The number of ether oxygens (including phenoxy) is 2. The maximum atomic E-state index is 5.82. The van der Waals surface area contributed by atoms with Gasteiger partial charge in [0, 0.05) is 12.2 Å². The van der Waals surface area contributed by atoms with Crippen molar-refractivity contribution in [1.29, 1.82) is 0 Å². The number of anilines is 1. The molecule has 0 radical (unpaired) electrons. The molecule has 0 amide bonds. The molecule has 0 atom stereocenters. The fraction of sp³-hybridized carbons (Fsp3) is 0.478. The molecule has 3 nitrogen and oxygen atoms in total. The van der Waals surface area contributed by atoms with Gasteiger partial charge in [-0.3, -0.25) is 0 Å². The van der Waals surface area contributed by atoms with Crippen molar-refractivity contribution in [3.05, 3.63) is 54.1 Å². The van der Waals surface area contributed by atoms with Crippen LogP contribution in [0.25, 0.3) is 0 Å². The molecule has 0 bridgehead atoms. The molecular weight excluding hydrogens is 322 g/mol. The molecule has 0 fully saturated rings. The third kappa shape index (κ3) is 7.81. The molecule has 142 valence electrons. The molecule has 3 heteroatoms. The van der Waals surface area contributed by atoms with Gasteiger partial charge < -0.3 is 14.8 Å². The number of hydrogen-bond donors (Lipinski definition) is 1. The first-order valence-corrected chi connectivity index (χ1v) is 10.00. The van der Waals surface area contributed by atoms with Crippen LogP contribution in [0.4, 0.5) is 5.69 Å². The third-order valence-corrected chi connectivity index (χ3v) is 4.26. The highest BCUT2D eigenvalue weighted by molar-refractivity contribution is 5.47. The Morgan fingerprint density at radius 1 is 0.654 bits per heavy atom. The third-order valence-electron chi connectivity index (χ3n) is 4.26. The van der Waals surface area contributed by atoms with Gasteiger partial charge in [0.2, 0.25) is 0 Å². The van der Waals surface area contributed by atoms with Gasteiger partial charge in [-0.25, -0.2) is 0 Å². The van der Waals surface area contributed by atoms with Gasteiger partial charge in [0.1, 0.15) is 11.5 Å². The number of benzene rings is 2. The van der Waals surface area contributed by atoms with Crippen LogP contribution < -0.4 is 14.8 Å². The Morgan fingerprint density at radius 3 is 1.92 bits per heavy atom. The van der Waals surface area contributed by atoms with Gasteiger partial charge in [-0.1, -0.05) is 51.7 Å². The molecule has 0 aliphatic rings. The van der Waals surface area contributed by atoms with E-state index in [0.717, 1.165) is 49.8 Å². The van der Waals surface area contributed by atoms with E-state index >= 15 is 0 Å². The first-order chi connectivity index (χ1) is 12.8. The molecule has 0 heterocycles. The predicted octanol–water partition coefficient (Wildman–Crippen LogP) is 6.44. The van der Waals surface area contributed by atoms with E-state index in [4.69, 9.17) is 9.47 Å². The second kappa shape index (κ2) is 12.2. The van der Waals surface area contributed by atoms with Crippen molar-refractivity contribution in [3.63, 3.8) is 0 Å². The fourth-order valence-corrected chi connectivity index (χ4v) is 2.69. The van der Waals surface area contributed by atoms with Crippen molar-refractivity contribution < 1.29 is 9.47 Å². The molecule has 0 spiro atoms. The minimum absolute atomic E-state index is 0.764. The zero-order valence-corrected chi connectivity index (χ0v) is 16.3. The van der Waals surface area contributed by atoms with Gasteiger partial charge in [-0.2, -0.15) is 0 Å². The Labute approximate surface area is 158 Å². The Balaban J connectivity index is 1.68. The summed E-state index contributed by atoms with van der Waals surface area (Å²) in [7, 11) is 0. The minimum atomic E-state index is 0.764. The van der Waals surface area contributed by atoms with E-state index in [9.17, 15) is 0 Å². The molecule has 26 heavy (non-hydrogen) atoms. The smallest absolute Gasteiger partial charge is 0.119 e. The predicted molar refractivity (Wildman–Crippen MR) is 110 cm³/mol. The maximum Gasteiger partial charge on any atom is 0.119 e. The van der Waals surface area contributed by atoms with E-state index in [1.54, 1.807) is 0 Å². The summed E-state index contributed by atoms with van der Waals surface area (Å²) < 4.78 is 11.4. The highest BCUT2D eigenvalue weighted by Gasteiger charge is 1.98. The SMILES string of the molecule is CCCCCCCOc1ccc(CNc2ccc(OCCC)cc2)cc1. The summed E-state index contributed by atoms with van der Waals surface area (Å²) >= 11 is 0. The van der Waals surface area contributed by atoms with E-state index in [0.29, 0.717) is 0 Å². The molecule has 0 aromatic heterocycles. The molecule has 0 aliphatic carbocycles. The van der Waals surface area contributed by atoms with Crippen LogP contribution in [-0.4, -0.2) is 13.2 Å². The van der Waals surface area contributed by atoms with E-state index in [1.165, 1.54) is 31.2 Å². The maximum absolute atomic E-state index is 5.82. The Morgan fingerprint density at radius 2 is 1.27 bits per heavy atom. The number of unbranched alkanes of at least 4 members (excludes halogenated alkanes) is 4. The lowest BCUT2D eigenvalue weighted by Gasteiger charge is -2.10. The van der Waals surface area contributed by atoms with Crippen LogP contribution in [0.3, 0.4) is 0 Å². The quantitative estimate of drug-likeness (QED) is 0.420. The van der Waals surface area contributed by atoms with Gasteiger partial charge >= 0.3 is 0 Å². The zero-order chi connectivity index (χ0) is 18.5. The van der Waals surface area contributed by atoms with E-state index < -0.39 is 0 Å². The van der Waals surface area contributed by atoms with Crippen LogP contribution in [0, 0.1) is 0 Å². The molecule has 2 aromatic rings. The van der Waals surface area contributed by atoms with Crippen molar-refractivity contribution >= 4 is 5.69 Å². The summed E-state index contributed by atoms with van der Waals surface area (Å²) in [4.78, 5) is 0. The lowest BCUT2D eigenvalue weighted by molar-refractivity contribution is 0.304. The van der Waals surface area contributed by atoms with Crippen LogP contribution >= 0.6 is 0 Å². The second-order valence-electron chi connectivity index (χ2n) is 6.63. The standard InChI is InChI=1S/C23H33NO2/c1-3-5-6-7-8-18-26-22-13-9-20(10-14-22)19-24-21-11-15-23(16-12-21)25-17-4-2/h9-16,24H,3-8,17-19H2,1-2H3. The van der Waals surface area contributed by atoms with Gasteiger partial charge in [0.25, 0.3) is 0 Å². The summed E-state index contributed by atoms with van der Waals surface area (Å²) in [6, 6.07) is 16.5. The van der Waals surface area contributed by atoms with Crippen LogP contribution in [-0.2, 0) is 6.54 Å². The molecule has 2 aromatic carbocycles. The highest BCUT2D eigenvalue weighted by Crippen LogP contribution is 2.18. The zero-order valence-electron chi connectivity index (χ0n) is 16.3. The molecule has 0 saturated carbocycles. The fourth-order valence-electron chi connectivity index (χ4n) is 2.69. The van der Waals surface area contributed by atoms with Crippen molar-refractivity contribution in [1.82, 2.24) is 0 Å². The molecule has 1 N–H and O–H groups in total. The van der Waals surface area contributed by atoms with Gasteiger partial charge in [-0.15, -0.1) is 0 Å². The van der Waals surface area contributed by atoms with Crippen LogP contribution in [0.2, 0.25) is 0 Å². The summed E-state index contributed by atoms with van der Waals surface area (Å²) in [5.74, 6) is 1.88. The largest absolute Gasteiger partial charge is 0.494 e. The van der Waals surface area contributed by atoms with Gasteiger partial charge in [-0.05, 0) is 54.8 Å². The van der Waals surface area contributed by atoms with Crippen molar-refractivity contribution in [2.45, 2.75) is 58.9 Å². The number of rotatable bonds is 13. The summed E-state index contributed by atoms with van der Waals surface area (Å²) in [6.45, 7) is 6.73. The van der Waals surface area contributed by atoms with Crippen molar-refractivity contribution in [3.8, 4) is 11.5 Å². The summed E-state index contributed by atoms with van der Waals surface area (Å²) in [5, 5.41) is 3.44. The molecule has 2 rings (SSSR count). The van der Waals surface area contributed by atoms with Crippen LogP contribution in [0.15, 0.2) is 48.5 Å². The molecule has 0 unspecified atom stereocenters. The average Bonchev–Trinajstić information content (AvgIpc) is 2.69. The highest BCUT2D eigenvalue weighted by atomic mass is 16.5. The van der Waals surface area contributed by atoms with Crippen LogP contribution in [0.1, 0.15) is 57.9 Å². The Hall–Kier alpha value is -2.16. The van der Waals surface area contributed by atoms with Gasteiger partial charge in [0.15, 0.2) is 0 Å². The monoisotopic (exact) mass is 355 g/mol. The minimum Gasteiger partial charge on any atom is -0.494 e. The molecule has 0 aliphatic heterocycles. The Bertz CT molecular complexity index is 593. The molecular formula is C23H33NO2. The lowest BCUT2D eigenvalue weighted by Crippen LogP contribution is -2.01. The molecule has 0 saturated heterocycles. The number of nitrogens with one attached hydrogen (secondary N) is 1. The first kappa shape index (κ1) is 20.2. The van der Waals surface area contributed by atoms with E-state index in [2.05, 4.69) is 55.6 Å². The Kier molecular flexibility index (Phi) is 9.48. The van der Waals surface area contributed by atoms with Crippen LogP contribution in [0.5, 0.6) is 11.5 Å². The van der Waals surface area contributed by atoms with Crippen molar-refractivity contribution in [2.24, 2.45) is 0 Å². The average molecular weight is 356 g/mol. The lowest BCUT2D eigenvalue weighted by atomic mass is 10.2. The summed E-state index contributed by atoms with van der Waals surface area (Å²) in [5.41, 5.74) is 2.34. The number of hydrogen-bond acceptors (Lipinski definition) is 3. The van der Waals surface area contributed by atoms with E-state index in [-0.39, 0.29) is 0 Å². The topological polar surface area (TPSA) is 30.5 Å². The van der Waals surface area contributed by atoms with E-state index in [1.807, 2.05) is 12.1 Å². The second-order valence-corrected chi connectivity index (χ2v) is 6.63.